The third-order valence-electron chi connectivity index (χ3n) is 6.33. The normalized spacial score (nSPS) is 13.8. The van der Waals surface area contributed by atoms with E-state index in [4.69, 9.17) is 10.2 Å². The van der Waals surface area contributed by atoms with Crippen molar-refractivity contribution in [2.75, 3.05) is 11.4 Å². The van der Waals surface area contributed by atoms with Crippen LogP contribution in [-0.4, -0.2) is 18.6 Å². The van der Waals surface area contributed by atoms with Crippen molar-refractivity contribution in [2.45, 2.75) is 59.0 Å². The van der Waals surface area contributed by atoms with Gasteiger partial charge in [-0.25, -0.2) is 4.79 Å². The zero-order chi connectivity index (χ0) is 23.8. The molecular formula is C28H37N3O2. The number of furan rings is 1. The van der Waals surface area contributed by atoms with Crippen LogP contribution in [0.25, 0.3) is 11.1 Å². The first-order chi connectivity index (χ1) is 15.9. The third-order valence-corrected chi connectivity index (χ3v) is 6.33. The summed E-state index contributed by atoms with van der Waals surface area (Å²) in [6.45, 7) is 8.79. The first-order valence-corrected chi connectivity index (χ1v) is 12.0. The molecular weight excluding hydrogens is 410 g/mol. The Hall–Kier alpha value is -3.05. The molecule has 5 heteroatoms. The molecule has 0 saturated heterocycles. The lowest BCUT2D eigenvalue weighted by Crippen LogP contribution is -2.48. The van der Waals surface area contributed by atoms with Crippen LogP contribution in [0.2, 0.25) is 0 Å². The van der Waals surface area contributed by atoms with Crippen molar-refractivity contribution in [3.8, 4) is 11.1 Å². The number of carbonyl (C=O) groups excluding carboxylic acids is 1. The van der Waals surface area contributed by atoms with E-state index in [1.165, 1.54) is 11.1 Å². The number of nitrogens with one attached hydrogen (secondary N) is 1. The van der Waals surface area contributed by atoms with E-state index in [0.29, 0.717) is 12.5 Å². The van der Waals surface area contributed by atoms with E-state index in [0.717, 1.165) is 36.3 Å². The summed E-state index contributed by atoms with van der Waals surface area (Å²) >= 11 is 0. The zero-order valence-electron chi connectivity index (χ0n) is 20.3. The Bertz CT molecular complexity index is 981. The number of anilines is 1. The summed E-state index contributed by atoms with van der Waals surface area (Å²) in [5, 5.41) is 3.05. The number of hydrogen-bond acceptors (Lipinski definition) is 3. The standard InChI is InChI=1S/C28H37N3O2/c1-5-8-22-10-12-23(13-11-22)24-14-16-25(17-15-24)31(19-26(29)20(3)6-2)28(32)30-21(4)27-9-7-18-33-27/h7,9-18,20-21,26H,5-6,8,19,29H2,1-4H3,(H,30,32). The largest absolute Gasteiger partial charge is 0.467 e. The van der Waals surface area contributed by atoms with Gasteiger partial charge in [0.1, 0.15) is 5.76 Å². The second-order valence-electron chi connectivity index (χ2n) is 8.84. The van der Waals surface area contributed by atoms with Gasteiger partial charge in [-0.15, -0.1) is 0 Å². The van der Waals surface area contributed by atoms with Crippen LogP contribution in [0.15, 0.2) is 71.3 Å². The van der Waals surface area contributed by atoms with Gasteiger partial charge in [0.2, 0.25) is 0 Å². The monoisotopic (exact) mass is 447 g/mol. The highest BCUT2D eigenvalue weighted by atomic mass is 16.3. The molecule has 176 valence electrons. The number of nitrogens with two attached hydrogens (primary N) is 1. The number of hydrogen-bond donors (Lipinski definition) is 2. The van der Waals surface area contributed by atoms with E-state index in [1.54, 1.807) is 11.2 Å². The van der Waals surface area contributed by atoms with Crippen LogP contribution in [0.4, 0.5) is 10.5 Å². The Morgan fingerprint density at radius 2 is 1.64 bits per heavy atom. The molecule has 0 aliphatic heterocycles. The zero-order valence-corrected chi connectivity index (χ0v) is 20.3. The summed E-state index contributed by atoms with van der Waals surface area (Å²) in [5.41, 5.74) is 10.9. The fourth-order valence-corrected chi connectivity index (χ4v) is 3.86. The average molecular weight is 448 g/mol. The molecule has 0 saturated carbocycles. The molecule has 1 heterocycles. The molecule has 3 rings (SSSR count). The summed E-state index contributed by atoms with van der Waals surface area (Å²) < 4.78 is 5.45. The minimum Gasteiger partial charge on any atom is -0.467 e. The fourth-order valence-electron chi connectivity index (χ4n) is 3.86. The predicted molar refractivity (Wildman–Crippen MR) is 136 cm³/mol. The maximum Gasteiger partial charge on any atom is 0.322 e. The first kappa shape index (κ1) is 24.6. The van der Waals surface area contributed by atoms with Crippen molar-refractivity contribution < 1.29 is 9.21 Å². The Morgan fingerprint density at radius 1 is 1.00 bits per heavy atom. The van der Waals surface area contributed by atoms with E-state index in [9.17, 15) is 4.79 Å². The van der Waals surface area contributed by atoms with Gasteiger partial charge in [-0.05, 0) is 60.2 Å². The molecule has 0 aliphatic rings. The maximum absolute atomic E-state index is 13.3. The number of urea groups is 1. The van der Waals surface area contributed by atoms with E-state index >= 15 is 0 Å². The maximum atomic E-state index is 13.3. The van der Waals surface area contributed by atoms with Crippen molar-refractivity contribution in [3.05, 3.63) is 78.3 Å². The predicted octanol–water partition coefficient (Wildman–Crippen LogP) is 6.55. The lowest BCUT2D eigenvalue weighted by Gasteiger charge is -2.29. The first-order valence-electron chi connectivity index (χ1n) is 12.0. The molecule has 3 N–H and O–H groups in total. The SMILES string of the molecule is CCCc1ccc(-c2ccc(N(CC(N)C(C)CC)C(=O)NC(C)c3ccco3)cc2)cc1. The summed E-state index contributed by atoms with van der Waals surface area (Å²) in [5.74, 6) is 1.03. The van der Waals surface area contributed by atoms with Crippen LogP contribution >= 0.6 is 0 Å². The van der Waals surface area contributed by atoms with Crippen molar-refractivity contribution in [1.82, 2.24) is 5.32 Å². The highest BCUT2D eigenvalue weighted by molar-refractivity contribution is 5.92. The number of amides is 2. The van der Waals surface area contributed by atoms with Crippen LogP contribution in [0, 0.1) is 5.92 Å². The van der Waals surface area contributed by atoms with E-state index in [-0.39, 0.29) is 18.1 Å². The second-order valence-corrected chi connectivity index (χ2v) is 8.84. The molecule has 1 aromatic heterocycles. The molecule has 3 atom stereocenters. The molecule has 0 spiro atoms. The van der Waals surface area contributed by atoms with Crippen molar-refractivity contribution >= 4 is 11.7 Å². The van der Waals surface area contributed by atoms with Gasteiger partial charge in [0.25, 0.3) is 0 Å². The van der Waals surface area contributed by atoms with Gasteiger partial charge in [0, 0.05) is 18.3 Å². The van der Waals surface area contributed by atoms with Gasteiger partial charge >= 0.3 is 6.03 Å². The summed E-state index contributed by atoms with van der Waals surface area (Å²) in [6.07, 6.45) is 4.81. The van der Waals surface area contributed by atoms with Gasteiger partial charge in [0.15, 0.2) is 0 Å². The minimum atomic E-state index is -0.240. The summed E-state index contributed by atoms with van der Waals surface area (Å²) in [7, 11) is 0. The van der Waals surface area contributed by atoms with Crippen LogP contribution < -0.4 is 16.0 Å². The van der Waals surface area contributed by atoms with Crippen molar-refractivity contribution in [1.29, 1.82) is 0 Å². The molecule has 2 amide bonds. The Labute approximate surface area is 198 Å². The van der Waals surface area contributed by atoms with Crippen LogP contribution in [0.3, 0.4) is 0 Å². The number of rotatable bonds is 10. The van der Waals surface area contributed by atoms with Crippen LogP contribution in [0.1, 0.15) is 57.9 Å². The second kappa shape index (κ2) is 11.7. The van der Waals surface area contributed by atoms with Gasteiger partial charge in [0.05, 0.1) is 12.3 Å². The average Bonchev–Trinajstić information content (AvgIpc) is 3.38. The summed E-state index contributed by atoms with van der Waals surface area (Å²) in [6, 6.07) is 20.0. The third kappa shape index (κ3) is 6.48. The Morgan fingerprint density at radius 3 is 2.18 bits per heavy atom. The van der Waals surface area contributed by atoms with Crippen molar-refractivity contribution in [2.24, 2.45) is 11.7 Å². The van der Waals surface area contributed by atoms with Crippen molar-refractivity contribution in [3.63, 3.8) is 0 Å². The molecule has 0 aliphatic carbocycles. The van der Waals surface area contributed by atoms with E-state index < -0.39 is 0 Å². The number of aryl methyl sites for hydroxylation is 1. The number of benzene rings is 2. The number of carbonyl (C=O) groups is 1. The van der Waals surface area contributed by atoms with Gasteiger partial charge in [-0.3, -0.25) is 4.90 Å². The lowest BCUT2D eigenvalue weighted by atomic mass is 9.99. The van der Waals surface area contributed by atoms with E-state index in [1.807, 2.05) is 31.2 Å². The minimum absolute atomic E-state index is 0.120. The van der Waals surface area contributed by atoms with Crippen LogP contribution in [0.5, 0.6) is 0 Å². The van der Waals surface area contributed by atoms with E-state index in [2.05, 4.69) is 62.5 Å². The smallest absolute Gasteiger partial charge is 0.322 e. The molecule has 33 heavy (non-hydrogen) atoms. The molecule has 0 radical (unpaired) electrons. The quantitative estimate of drug-likeness (QED) is 0.370. The Kier molecular flexibility index (Phi) is 8.72. The molecule has 5 nitrogen and oxygen atoms in total. The summed E-state index contributed by atoms with van der Waals surface area (Å²) in [4.78, 5) is 15.0. The topological polar surface area (TPSA) is 71.5 Å². The lowest BCUT2D eigenvalue weighted by molar-refractivity contribution is 0.240. The van der Waals surface area contributed by atoms with Gasteiger partial charge < -0.3 is 15.5 Å². The molecule has 2 aromatic carbocycles. The van der Waals surface area contributed by atoms with Gasteiger partial charge in [-0.1, -0.05) is 70.0 Å². The highest BCUT2D eigenvalue weighted by Crippen LogP contribution is 2.25. The highest BCUT2D eigenvalue weighted by Gasteiger charge is 2.23. The number of nitrogens with zero attached hydrogens (tertiary/aromatic N) is 1. The molecule has 0 bridgehead atoms. The van der Waals surface area contributed by atoms with Crippen LogP contribution in [-0.2, 0) is 6.42 Å². The Balaban J connectivity index is 1.80. The molecule has 3 aromatic rings. The fraction of sp³-hybridized carbons (Fsp3) is 0.393. The molecule has 0 fully saturated rings. The molecule has 3 unspecified atom stereocenters. The van der Waals surface area contributed by atoms with Gasteiger partial charge in [-0.2, -0.15) is 0 Å².